The van der Waals surface area contributed by atoms with E-state index >= 15 is 0 Å². The van der Waals surface area contributed by atoms with Gasteiger partial charge in [-0.1, -0.05) is 23.7 Å². The van der Waals surface area contributed by atoms with Gasteiger partial charge in [-0.25, -0.2) is 9.67 Å². The monoisotopic (exact) mass is 289 g/mol. The number of imidazole rings is 1. The molecule has 3 rings (SSSR count). The molecule has 2 aromatic heterocycles. The number of hydrogen-bond donors (Lipinski definition) is 1. The van der Waals surface area contributed by atoms with E-state index in [1.54, 1.807) is 0 Å². The molecule has 0 bridgehead atoms. The van der Waals surface area contributed by atoms with Crippen molar-refractivity contribution in [3.63, 3.8) is 0 Å². The molecule has 0 atom stereocenters. The van der Waals surface area contributed by atoms with Crippen LogP contribution in [0.1, 0.15) is 18.2 Å². The second-order valence-corrected chi connectivity index (χ2v) is 5.19. The van der Waals surface area contributed by atoms with Crippen LogP contribution in [0.15, 0.2) is 18.2 Å². The lowest BCUT2D eigenvalue weighted by atomic mass is 10.2. The predicted octanol–water partition coefficient (Wildman–Crippen LogP) is 3.09. The molecule has 2 N–H and O–H groups in total. The first-order valence-electron chi connectivity index (χ1n) is 6.51. The van der Waals surface area contributed by atoms with Gasteiger partial charge in [0.25, 0.3) is 0 Å². The minimum Gasteiger partial charge on any atom is -0.369 e. The summed E-state index contributed by atoms with van der Waals surface area (Å²) < 4.78 is 3.79. The molecule has 0 unspecified atom stereocenters. The molecule has 0 spiro atoms. The standard InChI is InChI=1S/C14H16ClN5/c1-4-19-13-11(9(3)18-19)17-14(16)20(13)12-8(2)6-5-7-10(12)15/h5-7H,4H2,1-3H3,(H2,16,17). The minimum absolute atomic E-state index is 0.430. The summed E-state index contributed by atoms with van der Waals surface area (Å²) in [7, 11) is 0. The topological polar surface area (TPSA) is 61.7 Å². The van der Waals surface area contributed by atoms with E-state index in [0.717, 1.165) is 34.7 Å². The van der Waals surface area contributed by atoms with E-state index in [0.29, 0.717) is 11.0 Å². The van der Waals surface area contributed by atoms with E-state index in [2.05, 4.69) is 10.1 Å². The Labute approximate surface area is 122 Å². The second-order valence-electron chi connectivity index (χ2n) is 4.78. The Morgan fingerprint density at radius 3 is 2.70 bits per heavy atom. The van der Waals surface area contributed by atoms with Gasteiger partial charge in [-0.2, -0.15) is 5.10 Å². The highest BCUT2D eigenvalue weighted by Crippen LogP contribution is 2.31. The van der Waals surface area contributed by atoms with Crippen molar-refractivity contribution in [1.82, 2.24) is 19.3 Å². The van der Waals surface area contributed by atoms with Crippen molar-refractivity contribution in [2.24, 2.45) is 0 Å². The van der Waals surface area contributed by atoms with Crippen molar-refractivity contribution in [3.8, 4) is 5.69 Å². The second kappa shape index (κ2) is 4.52. The molecule has 0 aliphatic carbocycles. The van der Waals surface area contributed by atoms with Crippen LogP contribution in [0.25, 0.3) is 16.9 Å². The molecular weight excluding hydrogens is 274 g/mol. The quantitative estimate of drug-likeness (QED) is 0.788. The summed E-state index contributed by atoms with van der Waals surface area (Å²) in [6, 6.07) is 5.79. The normalized spacial score (nSPS) is 11.4. The number of anilines is 1. The van der Waals surface area contributed by atoms with Gasteiger partial charge in [0.2, 0.25) is 5.95 Å². The number of rotatable bonds is 2. The van der Waals surface area contributed by atoms with Gasteiger partial charge in [0.1, 0.15) is 5.52 Å². The van der Waals surface area contributed by atoms with Gasteiger partial charge in [-0.05, 0) is 32.4 Å². The number of hydrogen-bond acceptors (Lipinski definition) is 3. The molecule has 0 fully saturated rings. The Morgan fingerprint density at radius 2 is 2.05 bits per heavy atom. The summed E-state index contributed by atoms with van der Waals surface area (Å²) in [5.41, 5.74) is 10.6. The average Bonchev–Trinajstić information content (AvgIpc) is 2.88. The van der Waals surface area contributed by atoms with Crippen LogP contribution in [0, 0.1) is 13.8 Å². The van der Waals surface area contributed by atoms with Crippen molar-refractivity contribution < 1.29 is 0 Å². The fraction of sp³-hybridized carbons (Fsp3) is 0.286. The maximum atomic E-state index is 6.36. The van der Waals surface area contributed by atoms with Crippen molar-refractivity contribution in [2.45, 2.75) is 27.3 Å². The molecule has 0 saturated heterocycles. The lowest BCUT2D eigenvalue weighted by molar-refractivity contribution is 0.663. The van der Waals surface area contributed by atoms with Crippen molar-refractivity contribution in [1.29, 1.82) is 0 Å². The highest BCUT2D eigenvalue weighted by atomic mass is 35.5. The smallest absolute Gasteiger partial charge is 0.207 e. The molecule has 0 radical (unpaired) electrons. The highest BCUT2D eigenvalue weighted by molar-refractivity contribution is 6.32. The van der Waals surface area contributed by atoms with Gasteiger partial charge in [-0.15, -0.1) is 0 Å². The molecule has 3 aromatic rings. The van der Waals surface area contributed by atoms with Crippen LogP contribution >= 0.6 is 11.6 Å². The predicted molar refractivity (Wildman–Crippen MR) is 81.4 cm³/mol. The largest absolute Gasteiger partial charge is 0.369 e. The maximum absolute atomic E-state index is 6.36. The van der Waals surface area contributed by atoms with Gasteiger partial charge in [-0.3, -0.25) is 4.57 Å². The van der Waals surface area contributed by atoms with E-state index in [4.69, 9.17) is 17.3 Å². The van der Waals surface area contributed by atoms with Gasteiger partial charge in [0.15, 0.2) is 5.65 Å². The van der Waals surface area contributed by atoms with Crippen LogP contribution in [-0.2, 0) is 6.54 Å². The molecule has 1 aromatic carbocycles. The summed E-state index contributed by atoms with van der Waals surface area (Å²) in [6.07, 6.45) is 0. The van der Waals surface area contributed by atoms with Gasteiger partial charge in [0, 0.05) is 6.54 Å². The number of fused-ring (bicyclic) bond motifs is 1. The molecule has 0 aliphatic heterocycles. The first-order valence-corrected chi connectivity index (χ1v) is 6.89. The lowest BCUT2D eigenvalue weighted by Gasteiger charge is -2.12. The van der Waals surface area contributed by atoms with Crippen LogP contribution in [0.3, 0.4) is 0 Å². The van der Waals surface area contributed by atoms with E-state index < -0.39 is 0 Å². The van der Waals surface area contributed by atoms with E-state index in [1.165, 1.54) is 0 Å². The van der Waals surface area contributed by atoms with Crippen LogP contribution in [0.5, 0.6) is 0 Å². The molecule has 0 aliphatic rings. The maximum Gasteiger partial charge on any atom is 0.207 e. The lowest BCUT2D eigenvalue weighted by Crippen LogP contribution is -2.08. The first kappa shape index (κ1) is 13.0. The SMILES string of the molecule is CCn1nc(C)c2nc(N)n(-c3c(C)cccc3Cl)c21. The van der Waals surface area contributed by atoms with Gasteiger partial charge < -0.3 is 5.73 Å². The number of nitrogen functional groups attached to an aromatic ring is 1. The summed E-state index contributed by atoms with van der Waals surface area (Å²) in [5, 5.41) is 5.14. The Morgan fingerprint density at radius 1 is 1.30 bits per heavy atom. The van der Waals surface area contributed by atoms with Crippen LogP contribution < -0.4 is 5.73 Å². The summed E-state index contributed by atoms with van der Waals surface area (Å²) in [5.74, 6) is 0.430. The van der Waals surface area contributed by atoms with Crippen LogP contribution in [0.4, 0.5) is 5.95 Å². The molecule has 20 heavy (non-hydrogen) atoms. The van der Waals surface area contributed by atoms with Crippen molar-refractivity contribution in [2.75, 3.05) is 5.73 Å². The number of para-hydroxylation sites is 1. The number of aromatic nitrogens is 4. The third kappa shape index (κ3) is 1.70. The fourth-order valence-electron chi connectivity index (χ4n) is 2.53. The number of nitrogens with two attached hydrogens (primary N) is 1. The number of benzene rings is 1. The Hall–Kier alpha value is -2.01. The third-order valence-electron chi connectivity index (χ3n) is 3.45. The molecule has 0 saturated carbocycles. The van der Waals surface area contributed by atoms with Gasteiger partial charge in [0.05, 0.1) is 16.4 Å². The summed E-state index contributed by atoms with van der Waals surface area (Å²) in [4.78, 5) is 4.44. The number of nitrogens with zero attached hydrogens (tertiary/aromatic N) is 4. The van der Waals surface area contributed by atoms with Crippen LogP contribution in [-0.4, -0.2) is 19.3 Å². The minimum atomic E-state index is 0.430. The van der Waals surface area contributed by atoms with E-state index in [9.17, 15) is 0 Å². The zero-order chi connectivity index (χ0) is 14.4. The van der Waals surface area contributed by atoms with E-state index in [-0.39, 0.29) is 0 Å². The summed E-state index contributed by atoms with van der Waals surface area (Å²) >= 11 is 6.36. The third-order valence-corrected chi connectivity index (χ3v) is 3.75. The van der Waals surface area contributed by atoms with Crippen molar-refractivity contribution in [3.05, 3.63) is 34.5 Å². The number of halogens is 1. The zero-order valence-corrected chi connectivity index (χ0v) is 12.4. The molecule has 0 amide bonds. The van der Waals surface area contributed by atoms with Crippen molar-refractivity contribution >= 4 is 28.7 Å². The number of aryl methyl sites for hydroxylation is 3. The zero-order valence-electron chi connectivity index (χ0n) is 11.7. The van der Waals surface area contributed by atoms with Gasteiger partial charge >= 0.3 is 0 Å². The Bertz CT molecular complexity index is 779. The van der Waals surface area contributed by atoms with E-state index in [1.807, 2.05) is 48.2 Å². The molecule has 2 heterocycles. The average molecular weight is 290 g/mol. The Balaban J connectivity index is 2.45. The Kier molecular flexibility index (Phi) is 2.94. The highest BCUT2D eigenvalue weighted by Gasteiger charge is 2.20. The first-order chi connectivity index (χ1) is 9.54. The van der Waals surface area contributed by atoms with Crippen LogP contribution in [0.2, 0.25) is 5.02 Å². The summed E-state index contributed by atoms with van der Waals surface area (Å²) in [6.45, 7) is 6.73. The molecule has 104 valence electrons. The molecule has 6 heteroatoms. The fourth-order valence-corrected chi connectivity index (χ4v) is 2.84. The molecular formula is C14H16ClN5. The molecule has 5 nitrogen and oxygen atoms in total.